The van der Waals surface area contributed by atoms with Crippen molar-refractivity contribution in [2.75, 3.05) is 19.7 Å². The molecule has 2 heterocycles. The van der Waals surface area contributed by atoms with Crippen LogP contribution < -0.4 is 16.4 Å². The second kappa shape index (κ2) is 8.14. The zero-order valence-corrected chi connectivity index (χ0v) is 13.8. The number of piperidine rings is 1. The number of carbonyl (C=O) groups excluding carboxylic acids is 2. The molecule has 0 unspecified atom stereocenters. The van der Waals surface area contributed by atoms with Gasteiger partial charge >= 0.3 is 6.03 Å². The molecule has 2 aliphatic heterocycles. The van der Waals surface area contributed by atoms with Gasteiger partial charge in [0.15, 0.2) is 0 Å². The molecule has 4 N–H and O–H groups in total. The number of oxime groups is 1. The van der Waals surface area contributed by atoms with Crippen molar-refractivity contribution < 1.29 is 14.4 Å². The predicted octanol–water partition coefficient (Wildman–Crippen LogP) is 0.0346. The van der Waals surface area contributed by atoms with Gasteiger partial charge in [0.1, 0.15) is 12.6 Å². The Labute approximate surface area is 136 Å². The predicted molar refractivity (Wildman–Crippen MR) is 86.9 cm³/mol. The lowest BCUT2D eigenvalue weighted by atomic mass is 10.0. The van der Waals surface area contributed by atoms with Gasteiger partial charge in [-0.2, -0.15) is 0 Å². The van der Waals surface area contributed by atoms with Crippen LogP contribution in [0, 0.1) is 5.92 Å². The first-order chi connectivity index (χ1) is 11.0. The molecule has 0 aromatic heterocycles. The Morgan fingerprint density at radius 3 is 3.09 bits per heavy atom. The highest BCUT2D eigenvalue weighted by molar-refractivity contribution is 5.88. The summed E-state index contributed by atoms with van der Waals surface area (Å²) in [6, 6.07) is -0.322. The molecular formula is C15H27N5O3. The fraction of sp³-hybridized carbons (Fsp3) is 0.800. The van der Waals surface area contributed by atoms with Crippen molar-refractivity contribution in [3.63, 3.8) is 0 Å². The molecule has 2 saturated heterocycles. The quantitative estimate of drug-likeness (QED) is 0.332. The van der Waals surface area contributed by atoms with Crippen LogP contribution in [0.2, 0.25) is 0 Å². The van der Waals surface area contributed by atoms with Gasteiger partial charge in [-0.25, -0.2) is 4.79 Å². The summed E-state index contributed by atoms with van der Waals surface area (Å²) >= 11 is 0. The van der Waals surface area contributed by atoms with Crippen LogP contribution in [0.1, 0.15) is 33.1 Å². The third-order valence-corrected chi connectivity index (χ3v) is 4.32. The summed E-state index contributed by atoms with van der Waals surface area (Å²) < 4.78 is 0. The lowest BCUT2D eigenvalue weighted by molar-refractivity contribution is -0.125. The molecule has 2 fully saturated rings. The molecule has 0 saturated carbocycles. The molecule has 0 aliphatic carbocycles. The molecule has 0 radical (unpaired) electrons. The average molecular weight is 325 g/mol. The number of rotatable bonds is 8. The minimum Gasteiger partial charge on any atom is -0.394 e. The monoisotopic (exact) mass is 325 g/mol. The van der Waals surface area contributed by atoms with E-state index in [-0.39, 0.29) is 30.1 Å². The molecule has 0 aromatic carbocycles. The van der Waals surface area contributed by atoms with E-state index in [4.69, 9.17) is 10.6 Å². The largest absolute Gasteiger partial charge is 0.394 e. The smallest absolute Gasteiger partial charge is 0.318 e. The van der Waals surface area contributed by atoms with Gasteiger partial charge in [0, 0.05) is 37.8 Å². The van der Waals surface area contributed by atoms with E-state index in [1.54, 1.807) is 11.1 Å². The molecular weight excluding hydrogens is 298 g/mol. The Bertz CT molecular complexity index is 454. The molecule has 8 heteroatoms. The van der Waals surface area contributed by atoms with Gasteiger partial charge < -0.3 is 26.1 Å². The topological polar surface area (TPSA) is 109 Å². The van der Waals surface area contributed by atoms with Crippen molar-refractivity contribution >= 4 is 18.2 Å². The van der Waals surface area contributed by atoms with Crippen LogP contribution in [0.3, 0.4) is 0 Å². The van der Waals surface area contributed by atoms with E-state index in [1.807, 2.05) is 13.8 Å². The Morgan fingerprint density at radius 2 is 2.35 bits per heavy atom. The van der Waals surface area contributed by atoms with E-state index in [2.05, 4.69) is 15.8 Å². The number of nitrogens with zero attached hydrogens (tertiary/aromatic N) is 2. The van der Waals surface area contributed by atoms with E-state index in [1.165, 1.54) is 0 Å². The van der Waals surface area contributed by atoms with E-state index >= 15 is 0 Å². The number of amides is 3. The summed E-state index contributed by atoms with van der Waals surface area (Å²) in [6.45, 7) is 5.54. The van der Waals surface area contributed by atoms with E-state index < -0.39 is 0 Å². The first-order valence-corrected chi connectivity index (χ1v) is 8.23. The van der Waals surface area contributed by atoms with Gasteiger partial charge in [0.25, 0.3) is 0 Å². The highest BCUT2D eigenvalue weighted by Gasteiger charge is 2.41. The van der Waals surface area contributed by atoms with Gasteiger partial charge in [-0.3, -0.25) is 4.79 Å². The number of nitrogens with one attached hydrogen (secondary N) is 2. The summed E-state index contributed by atoms with van der Waals surface area (Å²) in [4.78, 5) is 30.6. The molecule has 0 spiro atoms. The lowest BCUT2D eigenvalue weighted by Gasteiger charge is -2.29. The number of urea groups is 1. The Kier molecular flexibility index (Phi) is 6.20. The van der Waals surface area contributed by atoms with Gasteiger partial charge in [-0.05, 0) is 18.8 Å². The van der Waals surface area contributed by atoms with E-state index in [0.717, 1.165) is 6.42 Å². The van der Waals surface area contributed by atoms with Crippen molar-refractivity contribution in [3.05, 3.63) is 0 Å². The lowest BCUT2D eigenvalue weighted by Crippen LogP contribution is -2.49. The fourth-order valence-corrected chi connectivity index (χ4v) is 2.65. The van der Waals surface area contributed by atoms with Crippen LogP contribution >= 0.6 is 0 Å². The van der Waals surface area contributed by atoms with Gasteiger partial charge in [-0.15, -0.1) is 0 Å². The third kappa shape index (κ3) is 4.82. The zero-order chi connectivity index (χ0) is 16.8. The fourth-order valence-electron chi connectivity index (χ4n) is 2.65. The molecule has 8 nitrogen and oxygen atoms in total. The molecule has 2 rings (SSSR count). The number of carbonyl (C=O) groups is 2. The summed E-state index contributed by atoms with van der Waals surface area (Å²) in [5, 5.41) is 9.53. The molecule has 23 heavy (non-hydrogen) atoms. The number of nitrogens with two attached hydrogens (primary N) is 1. The molecule has 2 bridgehead atoms. The number of hydrogen-bond acceptors (Lipinski definition) is 5. The van der Waals surface area contributed by atoms with Crippen LogP contribution in [0.4, 0.5) is 4.79 Å². The highest BCUT2D eigenvalue weighted by atomic mass is 16.6. The standard InChI is InChI=1S/C15H27N5O3/c1-10(2)12(16)9-23-18-7-3-6-17-14(21)13-5-4-11-8-20(13)15(22)19-11/h7,10-13H,3-6,8-9,16H2,1-2H3,(H,17,21)(H,19,22)/b18-7+/t11-,12+,13+/m1/s1. The van der Waals surface area contributed by atoms with E-state index in [0.29, 0.717) is 38.5 Å². The molecule has 0 aromatic rings. The number of hydrogen-bond donors (Lipinski definition) is 3. The first-order valence-electron chi connectivity index (χ1n) is 8.23. The van der Waals surface area contributed by atoms with Crippen LogP contribution in [-0.2, 0) is 9.63 Å². The van der Waals surface area contributed by atoms with Crippen molar-refractivity contribution in [1.82, 2.24) is 15.5 Å². The maximum absolute atomic E-state index is 12.2. The van der Waals surface area contributed by atoms with Crippen LogP contribution in [0.25, 0.3) is 0 Å². The SMILES string of the molecule is CC(C)[C@@H](N)CO/N=C/CCNC(=O)[C@@H]1CC[C@@H]2CN1C(=O)N2. The van der Waals surface area contributed by atoms with Gasteiger partial charge in [0.2, 0.25) is 5.91 Å². The maximum Gasteiger partial charge on any atom is 0.318 e. The highest BCUT2D eigenvalue weighted by Crippen LogP contribution is 2.22. The molecule has 3 amide bonds. The molecule has 130 valence electrons. The number of fused-ring (bicyclic) bond motifs is 2. The minimum atomic E-state index is -0.356. The Morgan fingerprint density at radius 1 is 1.57 bits per heavy atom. The van der Waals surface area contributed by atoms with Crippen molar-refractivity contribution in [2.24, 2.45) is 16.8 Å². The summed E-state index contributed by atoms with van der Waals surface area (Å²) in [6.07, 6.45) is 3.75. The zero-order valence-electron chi connectivity index (χ0n) is 13.8. The van der Waals surface area contributed by atoms with Gasteiger partial charge in [0.05, 0.1) is 0 Å². The average Bonchev–Trinajstić information content (AvgIpc) is 2.80. The minimum absolute atomic E-state index is 0.0337. The third-order valence-electron chi connectivity index (χ3n) is 4.32. The van der Waals surface area contributed by atoms with Crippen LogP contribution in [0.5, 0.6) is 0 Å². The van der Waals surface area contributed by atoms with Crippen LogP contribution in [0.15, 0.2) is 5.16 Å². The molecule has 3 atom stereocenters. The van der Waals surface area contributed by atoms with E-state index in [9.17, 15) is 9.59 Å². The van der Waals surface area contributed by atoms with Gasteiger partial charge in [-0.1, -0.05) is 19.0 Å². The molecule has 2 aliphatic rings. The summed E-state index contributed by atoms with van der Waals surface area (Å²) in [5.41, 5.74) is 5.83. The van der Waals surface area contributed by atoms with Crippen molar-refractivity contribution in [3.8, 4) is 0 Å². The van der Waals surface area contributed by atoms with Crippen molar-refractivity contribution in [2.45, 2.75) is 51.2 Å². The Balaban J connectivity index is 1.61. The second-order valence-corrected chi connectivity index (χ2v) is 6.46. The maximum atomic E-state index is 12.2. The second-order valence-electron chi connectivity index (χ2n) is 6.46. The summed E-state index contributed by atoms with van der Waals surface area (Å²) in [5.74, 6) is 0.249. The normalized spacial score (nSPS) is 24.9. The first kappa shape index (κ1) is 17.5. The van der Waals surface area contributed by atoms with Crippen LogP contribution in [-0.4, -0.2) is 60.9 Å². The Hall–Kier alpha value is -1.83. The summed E-state index contributed by atoms with van der Waals surface area (Å²) in [7, 11) is 0. The van der Waals surface area contributed by atoms with Crippen molar-refractivity contribution in [1.29, 1.82) is 0 Å².